The van der Waals surface area contributed by atoms with Gasteiger partial charge in [-0.3, -0.25) is 4.79 Å². The van der Waals surface area contributed by atoms with Crippen LogP contribution < -0.4 is 5.43 Å². The highest BCUT2D eigenvalue weighted by molar-refractivity contribution is 6.00. The molecule has 8 nitrogen and oxygen atoms in total. The molecule has 0 saturated heterocycles. The third kappa shape index (κ3) is 3.63. The highest BCUT2D eigenvalue weighted by atomic mass is 16.5. The fraction of sp³-hybridized carbons (Fsp3) is 0.174. The van der Waals surface area contributed by atoms with Gasteiger partial charge in [-0.2, -0.15) is 0 Å². The van der Waals surface area contributed by atoms with Gasteiger partial charge in [0.25, 0.3) is 0 Å². The summed E-state index contributed by atoms with van der Waals surface area (Å²) >= 11 is 0. The maximum atomic E-state index is 13.3. The van der Waals surface area contributed by atoms with Crippen LogP contribution in [-0.2, 0) is 9.47 Å². The van der Waals surface area contributed by atoms with E-state index in [2.05, 4.69) is 0 Å². The number of aromatic hydroxyl groups is 1. The predicted octanol–water partition coefficient (Wildman–Crippen LogP) is 4.27. The van der Waals surface area contributed by atoms with Crippen molar-refractivity contribution in [2.45, 2.75) is 13.8 Å². The third-order valence-corrected chi connectivity index (χ3v) is 4.62. The Morgan fingerprint density at radius 3 is 2.39 bits per heavy atom. The van der Waals surface area contributed by atoms with Gasteiger partial charge in [-0.25, -0.2) is 9.59 Å². The summed E-state index contributed by atoms with van der Waals surface area (Å²) in [6.45, 7) is 3.62. The number of phenols is 1. The van der Waals surface area contributed by atoms with Crippen LogP contribution in [0.2, 0.25) is 0 Å². The Balaban J connectivity index is 1.94. The normalized spacial score (nSPS) is 11.0. The Hall–Kier alpha value is -4.07. The molecule has 4 aromatic rings. The standard InChI is InChI=1S/C23H18O8/c1-3-28-22(26)18-10-13-9-12(5-8-16(13)30-18)19-20(25)15-7-6-14(24)11-17(15)31-21(19)23(27)29-4-2/h5-11,24H,3-4H2,1-2H3. The van der Waals surface area contributed by atoms with E-state index in [1.807, 2.05) is 0 Å². The number of furan rings is 1. The first-order chi connectivity index (χ1) is 14.9. The molecule has 31 heavy (non-hydrogen) atoms. The molecule has 0 radical (unpaired) electrons. The van der Waals surface area contributed by atoms with E-state index in [-0.39, 0.29) is 47.0 Å². The molecule has 8 heteroatoms. The van der Waals surface area contributed by atoms with Crippen LogP contribution in [0.5, 0.6) is 5.75 Å². The van der Waals surface area contributed by atoms with Crippen molar-refractivity contribution < 1.29 is 33.0 Å². The number of fused-ring (bicyclic) bond motifs is 2. The van der Waals surface area contributed by atoms with Crippen molar-refractivity contribution in [1.29, 1.82) is 0 Å². The van der Waals surface area contributed by atoms with Crippen LogP contribution in [0, 0.1) is 0 Å². The Kier molecular flexibility index (Phi) is 5.21. The van der Waals surface area contributed by atoms with Crippen LogP contribution in [0.4, 0.5) is 0 Å². The van der Waals surface area contributed by atoms with Crippen LogP contribution in [0.3, 0.4) is 0 Å². The molecule has 0 unspecified atom stereocenters. The molecule has 2 heterocycles. The van der Waals surface area contributed by atoms with Crippen LogP contribution in [0.15, 0.2) is 56.1 Å². The number of benzene rings is 2. The second-order valence-corrected chi connectivity index (χ2v) is 6.62. The average molecular weight is 422 g/mol. The largest absolute Gasteiger partial charge is 0.508 e. The van der Waals surface area contributed by atoms with Crippen LogP contribution in [0.25, 0.3) is 33.1 Å². The first kappa shape index (κ1) is 20.2. The minimum absolute atomic E-state index is 0.0115. The van der Waals surface area contributed by atoms with Gasteiger partial charge in [0, 0.05) is 11.5 Å². The Morgan fingerprint density at radius 1 is 0.903 bits per heavy atom. The van der Waals surface area contributed by atoms with Gasteiger partial charge < -0.3 is 23.4 Å². The van der Waals surface area contributed by atoms with Gasteiger partial charge in [0.15, 0.2) is 0 Å². The number of ether oxygens (including phenoxy) is 2. The summed E-state index contributed by atoms with van der Waals surface area (Å²) in [5, 5.41) is 10.5. The maximum Gasteiger partial charge on any atom is 0.375 e. The monoisotopic (exact) mass is 422 g/mol. The third-order valence-electron chi connectivity index (χ3n) is 4.62. The van der Waals surface area contributed by atoms with E-state index in [1.54, 1.807) is 32.0 Å². The summed E-state index contributed by atoms with van der Waals surface area (Å²) in [6.07, 6.45) is 0. The zero-order chi connectivity index (χ0) is 22.1. The Morgan fingerprint density at radius 2 is 1.65 bits per heavy atom. The lowest BCUT2D eigenvalue weighted by Crippen LogP contribution is -2.15. The smallest absolute Gasteiger partial charge is 0.375 e. The lowest BCUT2D eigenvalue weighted by atomic mass is 10.0. The Labute approximate surface area is 175 Å². The molecule has 0 atom stereocenters. The second kappa shape index (κ2) is 7.98. The number of phenolic OH excluding ortho intramolecular Hbond substituents is 1. The zero-order valence-corrected chi connectivity index (χ0v) is 16.8. The molecular formula is C23H18O8. The molecule has 1 N–H and O–H groups in total. The van der Waals surface area contributed by atoms with Crippen molar-refractivity contribution in [3.8, 4) is 16.9 Å². The van der Waals surface area contributed by atoms with E-state index in [1.165, 1.54) is 24.3 Å². The number of carbonyl (C=O) groups excluding carboxylic acids is 2. The molecule has 0 spiro atoms. The molecule has 2 aromatic carbocycles. The highest BCUT2D eigenvalue weighted by Crippen LogP contribution is 2.30. The number of carbonyl (C=O) groups is 2. The molecule has 158 valence electrons. The van der Waals surface area contributed by atoms with Crippen molar-refractivity contribution >= 4 is 33.9 Å². The SMILES string of the molecule is CCOC(=O)c1cc2cc(-c3c(C(=O)OCC)oc4cc(O)ccc4c3=O)ccc2o1. The van der Waals surface area contributed by atoms with Gasteiger partial charge in [-0.1, -0.05) is 6.07 Å². The van der Waals surface area contributed by atoms with Crippen molar-refractivity contribution in [1.82, 2.24) is 0 Å². The van der Waals surface area contributed by atoms with Crippen LogP contribution >= 0.6 is 0 Å². The van der Waals surface area contributed by atoms with Gasteiger partial charge in [-0.15, -0.1) is 0 Å². The minimum Gasteiger partial charge on any atom is -0.508 e. The van der Waals surface area contributed by atoms with Gasteiger partial charge >= 0.3 is 11.9 Å². The summed E-state index contributed by atoms with van der Waals surface area (Å²) in [4.78, 5) is 37.8. The molecule has 0 aliphatic carbocycles. The van der Waals surface area contributed by atoms with Gasteiger partial charge in [0.2, 0.25) is 16.9 Å². The van der Waals surface area contributed by atoms with Crippen LogP contribution in [0.1, 0.15) is 35.0 Å². The second-order valence-electron chi connectivity index (χ2n) is 6.62. The van der Waals surface area contributed by atoms with E-state index >= 15 is 0 Å². The van der Waals surface area contributed by atoms with Crippen LogP contribution in [-0.4, -0.2) is 30.3 Å². The van der Waals surface area contributed by atoms with E-state index in [9.17, 15) is 19.5 Å². The number of hydrogen-bond donors (Lipinski definition) is 1. The zero-order valence-electron chi connectivity index (χ0n) is 16.8. The fourth-order valence-corrected chi connectivity index (χ4v) is 3.29. The predicted molar refractivity (Wildman–Crippen MR) is 111 cm³/mol. The lowest BCUT2D eigenvalue weighted by molar-refractivity contribution is 0.0483. The quantitative estimate of drug-likeness (QED) is 0.474. The van der Waals surface area contributed by atoms with E-state index < -0.39 is 17.4 Å². The van der Waals surface area contributed by atoms with E-state index in [4.69, 9.17) is 18.3 Å². The number of esters is 2. The van der Waals surface area contributed by atoms with Gasteiger partial charge in [-0.05, 0) is 49.7 Å². The van der Waals surface area contributed by atoms with Crippen molar-refractivity contribution in [2.24, 2.45) is 0 Å². The Bertz CT molecular complexity index is 1380. The van der Waals surface area contributed by atoms with Crippen molar-refractivity contribution in [2.75, 3.05) is 13.2 Å². The number of hydrogen-bond acceptors (Lipinski definition) is 8. The molecule has 0 aliphatic heterocycles. The summed E-state index contributed by atoms with van der Waals surface area (Å²) < 4.78 is 21.2. The molecule has 0 aliphatic rings. The first-order valence-corrected chi connectivity index (χ1v) is 9.61. The molecule has 0 amide bonds. The van der Waals surface area contributed by atoms with Gasteiger partial charge in [0.1, 0.15) is 16.9 Å². The van der Waals surface area contributed by atoms with Crippen molar-refractivity contribution in [3.05, 3.63) is 64.2 Å². The molecular weight excluding hydrogens is 404 g/mol. The summed E-state index contributed by atoms with van der Waals surface area (Å²) in [5.74, 6) is -1.76. The number of rotatable bonds is 5. The molecule has 0 bridgehead atoms. The first-order valence-electron chi connectivity index (χ1n) is 9.61. The fourth-order valence-electron chi connectivity index (χ4n) is 3.29. The lowest BCUT2D eigenvalue weighted by Gasteiger charge is -2.10. The average Bonchev–Trinajstić information content (AvgIpc) is 3.17. The summed E-state index contributed by atoms with van der Waals surface area (Å²) in [5.41, 5.74) is 0.413. The van der Waals surface area contributed by atoms with Gasteiger partial charge in [0.05, 0.1) is 24.2 Å². The summed E-state index contributed by atoms with van der Waals surface area (Å²) in [7, 11) is 0. The molecule has 0 saturated carbocycles. The maximum absolute atomic E-state index is 13.3. The van der Waals surface area contributed by atoms with E-state index in [0.717, 1.165) is 0 Å². The molecule has 0 fully saturated rings. The minimum atomic E-state index is -0.806. The van der Waals surface area contributed by atoms with E-state index in [0.29, 0.717) is 16.5 Å². The summed E-state index contributed by atoms with van der Waals surface area (Å²) in [6, 6.07) is 10.3. The van der Waals surface area contributed by atoms with Crippen molar-refractivity contribution in [3.63, 3.8) is 0 Å². The molecule has 4 rings (SSSR count). The topological polar surface area (TPSA) is 116 Å². The molecule has 2 aromatic heterocycles. The highest BCUT2D eigenvalue weighted by Gasteiger charge is 2.24.